The molecule has 1 N–H and O–H groups in total. The highest BCUT2D eigenvalue weighted by atomic mass is 19.4. The minimum atomic E-state index is -4.24. The molecule has 1 aromatic carbocycles. The lowest BCUT2D eigenvalue weighted by atomic mass is 9.56. The second-order valence-corrected chi connectivity index (χ2v) is 8.51. The first-order valence-electron chi connectivity index (χ1n) is 10.1. The molecule has 2 aliphatic rings. The third-order valence-electron chi connectivity index (χ3n) is 7.01. The molecule has 1 saturated carbocycles. The molecule has 1 aromatic rings. The molecule has 156 valence electrons. The topological polar surface area (TPSA) is 46.5 Å². The van der Waals surface area contributed by atoms with E-state index in [1.165, 1.54) is 12.7 Å². The highest BCUT2D eigenvalue weighted by Crippen LogP contribution is 2.54. The summed E-state index contributed by atoms with van der Waals surface area (Å²) in [6.07, 6.45) is -0.445. The van der Waals surface area contributed by atoms with Gasteiger partial charge < -0.3 is 9.84 Å². The van der Waals surface area contributed by atoms with Gasteiger partial charge in [0, 0.05) is 6.42 Å². The van der Waals surface area contributed by atoms with Gasteiger partial charge in [-0.2, -0.15) is 13.2 Å². The van der Waals surface area contributed by atoms with Crippen LogP contribution in [0.3, 0.4) is 0 Å². The zero-order valence-corrected chi connectivity index (χ0v) is 16.6. The van der Waals surface area contributed by atoms with Crippen molar-refractivity contribution in [3.63, 3.8) is 0 Å². The number of esters is 1. The maximum absolute atomic E-state index is 12.7. The zero-order chi connectivity index (χ0) is 20.6. The highest BCUT2D eigenvalue weighted by molar-refractivity contribution is 5.89. The zero-order valence-electron chi connectivity index (χ0n) is 16.6. The fourth-order valence-electron chi connectivity index (χ4n) is 5.48. The summed E-state index contributed by atoms with van der Waals surface area (Å²) in [5.41, 5.74) is 1.47. The average molecular weight is 398 g/mol. The number of fused-ring (bicyclic) bond motifs is 3. The number of benzene rings is 1. The number of alkyl halides is 3. The van der Waals surface area contributed by atoms with Crippen LogP contribution in [0.1, 0.15) is 79.8 Å². The minimum absolute atomic E-state index is 0.148. The minimum Gasteiger partial charge on any atom is -0.465 e. The molecule has 0 bridgehead atoms. The number of hydrogen-bond acceptors (Lipinski definition) is 3. The predicted molar refractivity (Wildman–Crippen MR) is 100 cm³/mol. The monoisotopic (exact) mass is 398 g/mol. The van der Waals surface area contributed by atoms with Gasteiger partial charge in [0.25, 0.3) is 0 Å². The van der Waals surface area contributed by atoms with Gasteiger partial charge in [-0.25, -0.2) is 4.79 Å². The fraction of sp³-hybridized carbons (Fsp3) is 0.682. The SMILES string of the molecule is CC[C@@]12CC[C@](O)(CCC(F)(F)F)C[C@@H]1CCCc1cc(C(=O)OC)ccc12. The van der Waals surface area contributed by atoms with Crippen molar-refractivity contribution in [3.05, 3.63) is 34.9 Å². The first kappa shape index (κ1) is 21.2. The molecule has 0 heterocycles. The number of carbonyl (C=O) groups is 1. The first-order chi connectivity index (χ1) is 13.1. The first-order valence-corrected chi connectivity index (χ1v) is 10.1. The number of aryl methyl sites for hydroxylation is 1. The van der Waals surface area contributed by atoms with E-state index in [4.69, 9.17) is 4.74 Å². The molecule has 1 fully saturated rings. The molecule has 0 amide bonds. The highest BCUT2D eigenvalue weighted by Gasteiger charge is 2.50. The van der Waals surface area contributed by atoms with Crippen molar-refractivity contribution in [2.24, 2.45) is 5.92 Å². The Hall–Kier alpha value is -1.56. The molecule has 0 radical (unpaired) electrons. The summed E-state index contributed by atoms with van der Waals surface area (Å²) in [4.78, 5) is 11.9. The van der Waals surface area contributed by atoms with Crippen LogP contribution in [0.2, 0.25) is 0 Å². The molecule has 0 spiro atoms. The Morgan fingerprint density at radius 1 is 1.32 bits per heavy atom. The van der Waals surface area contributed by atoms with Crippen LogP contribution in [0.5, 0.6) is 0 Å². The standard InChI is InChI=1S/C22H29F3O3/c1-3-21-11-9-20(27,10-12-22(23,24)25)14-17(21)6-4-5-15-13-16(19(26)28-2)7-8-18(15)21/h7-8,13,17,27H,3-6,9-12,14H2,1-2H3/t17-,20-,21+/m0/s1. The Bertz CT molecular complexity index is 730. The number of halogens is 3. The van der Waals surface area contributed by atoms with Crippen molar-refractivity contribution in [2.45, 2.75) is 81.9 Å². The number of carbonyl (C=O) groups excluding carboxylic acids is 1. The van der Waals surface area contributed by atoms with Crippen LogP contribution in [0, 0.1) is 5.92 Å². The van der Waals surface area contributed by atoms with Crippen LogP contribution >= 0.6 is 0 Å². The largest absolute Gasteiger partial charge is 0.465 e. The van der Waals surface area contributed by atoms with Crippen LogP contribution in [-0.4, -0.2) is 30.0 Å². The Kier molecular flexibility index (Phi) is 5.81. The van der Waals surface area contributed by atoms with E-state index in [0.29, 0.717) is 24.8 Å². The van der Waals surface area contributed by atoms with Gasteiger partial charge in [-0.15, -0.1) is 0 Å². The Morgan fingerprint density at radius 2 is 2.07 bits per heavy atom. The fourth-order valence-corrected chi connectivity index (χ4v) is 5.48. The summed E-state index contributed by atoms with van der Waals surface area (Å²) in [6.45, 7) is 2.12. The third-order valence-corrected chi connectivity index (χ3v) is 7.01. The summed E-state index contributed by atoms with van der Waals surface area (Å²) < 4.78 is 42.9. The van der Waals surface area contributed by atoms with Crippen molar-refractivity contribution in [3.8, 4) is 0 Å². The van der Waals surface area contributed by atoms with E-state index in [9.17, 15) is 23.1 Å². The Morgan fingerprint density at radius 3 is 2.71 bits per heavy atom. The summed E-state index contributed by atoms with van der Waals surface area (Å²) >= 11 is 0. The molecular weight excluding hydrogens is 369 g/mol. The third kappa shape index (κ3) is 4.07. The number of ether oxygens (including phenoxy) is 1. The van der Waals surface area contributed by atoms with Crippen molar-refractivity contribution < 1.29 is 27.8 Å². The number of aliphatic hydroxyl groups is 1. The molecular formula is C22H29F3O3. The maximum Gasteiger partial charge on any atom is 0.389 e. The van der Waals surface area contributed by atoms with E-state index in [1.807, 2.05) is 12.1 Å². The van der Waals surface area contributed by atoms with Crippen molar-refractivity contribution in [1.82, 2.24) is 0 Å². The number of methoxy groups -OCH3 is 1. The molecule has 3 nitrogen and oxygen atoms in total. The normalized spacial score (nSPS) is 30.1. The molecule has 6 heteroatoms. The smallest absolute Gasteiger partial charge is 0.389 e. The van der Waals surface area contributed by atoms with E-state index in [-0.39, 0.29) is 23.7 Å². The molecule has 0 aliphatic heterocycles. The average Bonchev–Trinajstić information content (AvgIpc) is 2.81. The van der Waals surface area contributed by atoms with E-state index in [1.54, 1.807) is 6.07 Å². The Labute approximate surface area is 164 Å². The number of rotatable bonds is 4. The quantitative estimate of drug-likeness (QED) is 0.697. The van der Waals surface area contributed by atoms with Gasteiger partial charge in [-0.05, 0) is 86.0 Å². The number of hydrogen-bond donors (Lipinski definition) is 1. The lowest BCUT2D eigenvalue weighted by molar-refractivity contribution is -0.153. The molecule has 3 rings (SSSR count). The second kappa shape index (κ2) is 7.69. The van der Waals surface area contributed by atoms with Crippen LogP contribution in [0.25, 0.3) is 0 Å². The van der Waals surface area contributed by atoms with Crippen molar-refractivity contribution >= 4 is 5.97 Å². The second-order valence-electron chi connectivity index (χ2n) is 8.51. The van der Waals surface area contributed by atoms with Crippen LogP contribution in [0.4, 0.5) is 13.2 Å². The lowest BCUT2D eigenvalue weighted by Crippen LogP contribution is -2.48. The molecule has 0 saturated heterocycles. The molecule has 0 aromatic heterocycles. The molecule has 28 heavy (non-hydrogen) atoms. The van der Waals surface area contributed by atoms with Gasteiger partial charge in [0.05, 0.1) is 18.3 Å². The van der Waals surface area contributed by atoms with E-state index >= 15 is 0 Å². The van der Waals surface area contributed by atoms with Gasteiger partial charge >= 0.3 is 12.1 Å². The molecule has 2 aliphatic carbocycles. The van der Waals surface area contributed by atoms with Gasteiger partial charge in [0.2, 0.25) is 0 Å². The van der Waals surface area contributed by atoms with Gasteiger partial charge in [0.1, 0.15) is 0 Å². The van der Waals surface area contributed by atoms with E-state index in [0.717, 1.165) is 31.2 Å². The summed E-state index contributed by atoms with van der Waals surface area (Å²) in [7, 11) is 1.36. The van der Waals surface area contributed by atoms with Gasteiger partial charge in [-0.3, -0.25) is 0 Å². The summed E-state index contributed by atoms with van der Waals surface area (Å²) in [6, 6.07) is 5.70. The van der Waals surface area contributed by atoms with E-state index < -0.39 is 18.2 Å². The van der Waals surface area contributed by atoms with Gasteiger partial charge in [0.15, 0.2) is 0 Å². The van der Waals surface area contributed by atoms with Crippen molar-refractivity contribution in [2.75, 3.05) is 7.11 Å². The lowest BCUT2D eigenvalue weighted by Gasteiger charge is -2.50. The molecule has 3 atom stereocenters. The summed E-state index contributed by atoms with van der Waals surface area (Å²) in [5.74, 6) is -0.214. The Balaban J connectivity index is 1.91. The van der Waals surface area contributed by atoms with Crippen LogP contribution in [0.15, 0.2) is 18.2 Å². The summed E-state index contributed by atoms with van der Waals surface area (Å²) in [5, 5.41) is 10.9. The van der Waals surface area contributed by atoms with Crippen LogP contribution in [-0.2, 0) is 16.6 Å². The molecule has 0 unspecified atom stereocenters. The van der Waals surface area contributed by atoms with Crippen molar-refractivity contribution in [1.29, 1.82) is 0 Å². The van der Waals surface area contributed by atoms with E-state index in [2.05, 4.69) is 6.92 Å². The van der Waals surface area contributed by atoms with Crippen LogP contribution < -0.4 is 0 Å². The van der Waals surface area contributed by atoms with Gasteiger partial charge in [-0.1, -0.05) is 13.0 Å². The predicted octanol–water partition coefficient (Wildman–Crippen LogP) is 5.33. The maximum atomic E-state index is 12.7.